The third-order valence-electron chi connectivity index (χ3n) is 4.06. The normalized spacial score (nSPS) is 17.1. The van der Waals surface area contributed by atoms with E-state index in [2.05, 4.69) is 10.4 Å². The SMILES string of the molecule is COCCNC(=O)C1(F)CCN(C(=O)c2cc(C)nn2C)CC1. The smallest absolute Gasteiger partial charge is 0.272 e. The number of aryl methyl sites for hydroxylation is 2. The number of ether oxygens (including phenoxy) is 1. The van der Waals surface area contributed by atoms with Crippen LogP contribution in [0.3, 0.4) is 0 Å². The lowest BCUT2D eigenvalue weighted by Crippen LogP contribution is -2.52. The second-order valence-corrected chi connectivity index (χ2v) is 5.80. The lowest BCUT2D eigenvalue weighted by Gasteiger charge is -2.35. The van der Waals surface area contributed by atoms with Gasteiger partial charge in [0.1, 0.15) is 5.69 Å². The van der Waals surface area contributed by atoms with E-state index in [0.29, 0.717) is 12.3 Å². The predicted molar refractivity (Wildman–Crippen MR) is 81.8 cm³/mol. The molecule has 1 fully saturated rings. The molecule has 23 heavy (non-hydrogen) atoms. The van der Waals surface area contributed by atoms with Crippen LogP contribution in [0.25, 0.3) is 0 Å². The Bertz CT molecular complexity index is 579. The zero-order valence-corrected chi connectivity index (χ0v) is 13.8. The van der Waals surface area contributed by atoms with Gasteiger partial charge >= 0.3 is 0 Å². The van der Waals surface area contributed by atoms with Gasteiger partial charge in [-0.2, -0.15) is 5.10 Å². The highest BCUT2D eigenvalue weighted by molar-refractivity contribution is 5.93. The highest BCUT2D eigenvalue weighted by atomic mass is 19.1. The van der Waals surface area contributed by atoms with Crippen LogP contribution in [0.15, 0.2) is 6.07 Å². The first-order valence-electron chi connectivity index (χ1n) is 7.63. The Kier molecular flexibility index (Phi) is 5.35. The van der Waals surface area contributed by atoms with Crippen molar-refractivity contribution in [2.24, 2.45) is 7.05 Å². The summed E-state index contributed by atoms with van der Waals surface area (Å²) in [5, 5.41) is 6.67. The Labute approximate surface area is 134 Å². The molecule has 2 rings (SSSR count). The number of hydrogen-bond acceptors (Lipinski definition) is 4. The van der Waals surface area contributed by atoms with E-state index >= 15 is 0 Å². The standard InChI is InChI=1S/C15H23FN4O3/c1-11-10-12(19(2)18-11)13(21)20-7-4-15(16,5-8-20)14(22)17-6-9-23-3/h10H,4-9H2,1-3H3,(H,17,22). The topological polar surface area (TPSA) is 76.5 Å². The summed E-state index contributed by atoms with van der Waals surface area (Å²) in [6.07, 6.45) is -0.0111. The fourth-order valence-corrected chi connectivity index (χ4v) is 2.69. The van der Waals surface area contributed by atoms with Gasteiger partial charge in [0.15, 0.2) is 5.67 Å². The Morgan fingerprint density at radius 1 is 1.43 bits per heavy atom. The summed E-state index contributed by atoms with van der Waals surface area (Å²) in [6.45, 7) is 2.84. The first-order valence-corrected chi connectivity index (χ1v) is 7.63. The third-order valence-corrected chi connectivity index (χ3v) is 4.06. The molecule has 1 aromatic heterocycles. The van der Waals surface area contributed by atoms with Crippen LogP contribution < -0.4 is 5.32 Å². The maximum Gasteiger partial charge on any atom is 0.272 e. The van der Waals surface area contributed by atoms with Crippen molar-refractivity contribution >= 4 is 11.8 Å². The van der Waals surface area contributed by atoms with Gasteiger partial charge in [0, 0.05) is 46.6 Å². The van der Waals surface area contributed by atoms with Crippen molar-refractivity contribution in [2.75, 3.05) is 33.4 Å². The van der Waals surface area contributed by atoms with Gasteiger partial charge in [0.25, 0.3) is 11.8 Å². The second-order valence-electron chi connectivity index (χ2n) is 5.80. The number of amides is 2. The van der Waals surface area contributed by atoms with E-state index in [1.54, 1.807) is 18.0 Å². The van der Waals surface area contributed by atoms with Crippen LogP contribution in [0.4, 0.5) is 4.39 Å². The number of alkyl halides is 1. The largest absolute Gasteiger partial charge is 0.383 e. The number of rotatable bonds is 5. The minimum Gasteiger partial charge on any atom is -0.383 e. The van der Waals surface area contributed by atoms with Gasteiger partial charge in [-0.05, 0) is 13.0 Å². The zero-order valence-electron chi connectivity index (χ0n) is 13.8. The molecule has 0 saturated carbocycles. The summed E-state index contributed by atoms with van der Waals surface area (Å²) in [6, 6.07) is 1.71. The maximum absolute atomic E-state index is 14.7. The van der Waals surface area contributed by atoms with Crippen LogP contribution in [0.1, 0.15) is 29.0 Å². The number of nitrogens with zero attached hydrogens (tertiary/aromatic N) is 3. The van der Waals surface area contributed by atoms with Crippen LogP contribution >= 0.6 is 0 Å². The second kappa shape index (κ2) is 7.08. The van der Waals surface area contributed by atoms with Gasteiger partial charge in [0.2, 0.25) is 0 Å². The first kappa shape index (κ1) is 17.4. The van der Waals surface area contributed by atoms with E-state index in [9.17, 15) is 14.0 Å². The van der Waals surface area contributed by atoms with Crippen molar-refractivity contribution < 1.29 is 18.7 Å². The summed E-state index contributed by atoms with van der Waals surface area (Å²) in [5.74, 6) is -0.812. The molecule has 7 nitrogen and oxygen atoms in total. The molecule has 8 heteroatoms. The van der Waals surface area contributed by atoms with E-state index < -0.39 is 11.6 Å². The molecule has 0 aliphatic carbocycles. The monoisotopic (exact) mass is 326 g/mol. The molecule has 1 aromatic rings. The summed E-state index contributed by atoms with van der Waals surface area (Å²) in [4.78, 5) is 26.0. The number of nitrogens with one attached hydrogen (secondary N) is 1. The van der Waals surface area contributed by atoms with Crippen molar-refractivity contribution in [3.05, 3.63) is 17.5 Å². The van der Waals surface area contributed by atoms with E-state index in [-0.39, 0.29) is 38.4 Å². The van der Waals surface area contributed by atoms with Gasteiger partial charge < -0.3 is 15.0 Å². The molecule has 0 spiro atoms. The number of likely N-dealkylation sites (tertiary alicyclic amines) is 1. The Balaban J connectivity index is 1.93. The lowest BCUT2D eigenvalue weighted by atomic mass is 9.92. The molecule has 0 atom stereocenters. The molecule has 0 unspecified atom stereocenters. The summed E-state index contributed by atoms with van der Waals surface area (Å²) < 4.78 is 21.1. The Hall–Kier alpha value is -1.96. The van der Waals surface area contributed by atoms with Gasteiger partial charge in [0.05, 0.1) is 12.3 Å². The molecular weight excluding hydrogens is 303 g/mol. The van der Waals surface area contributed by atoms with Gasteiger partial charge in [-0.3, -0.25) is 14.3 Å². The maximum atomic E-state index is 14.7. The van der Waals surface area contributed by atoms with Crippen LogP contribution in [0.2, 0.25) is 0 Å². The van der Waals surface area contributed by atoms with Crippen molar-refractivity contribution in [2.45, 2.75) is 25.4 Å². The van der Waals surface area contributed by atoms with E-state index in [0.717, 1.165) is 5.69 Å². The number of carbonyl (C=O) groups excluding carboxylic acids is 2. The molecule has 2 amide bonds. The summed E-state index contributed by atoms with van der Waals surface area (Å²) in [7, 11) is 3.22. The Morgan fingerprint density at radius 2 is 2.09 bits per heavy atom. The van der Waals surface area contributed by atoms with Crippen LogP contribution in [-0.4, -0.2) is 65.5 Å². The molecule has 1 N–H and O–H groups in total. The number of methoxy groups -OCH3 is 1. The minimum absolute atomic E-state index is 0.00557. The number of aromatic nitrogens is 2. The van der Waals surface area contributed by atoms with E-state index in [1.165, 1.54) is 11.8 Å². The molecule has 128 valence electrons. The third kappa shape index (κ3) is 3.87. The van der Waals surface area contributed by atoms with Crippen LogP contribution in [0, 0.1) is 6.92 Å². The summed E-state index contributed by atoms with van der Waals surface area (Å²) in [5.41, 5.74) is -0.698. The molecular formula is C15H23FN4O3. The number of hydrogen-bond donors (Lipinski definition) is 1. The molecule has 0 bridgehead atoms. The fraction of sp³-hybridized carbons (Fsp3) is 0.667. The molecule has 0 aromatic carbocycles. The van der Waals surface area contributed by atoms with Crippen molar-refractivity contribution in [1.29, 1.82) is 0 Å². The molecule has 0 radical (unpaired) electrons. The molecule has 1 saturated heterocycles. The minimum atomic E-state index is -1.92. The quantitative estimate of drug-likeness (QED) is 0.797. The molecule has 2 heterocycles. The van der Waals surface area contributed by atoms with Gasteiger partial charge in [-0.15, -0.1) is 0 Å². The van der Waals surface area contributed by atoms with E-state index in [4.69, 9.17) is 4.74 Å². The van der Waals surface area contributed by atoms with Crippen molar-refractivity contribution in [1.82, 2.24) is 20.0 Å². The van der Waals surface area contributed by atoms with Crippen molar-refractivity contribution in [3.63, 3.8) is 0 Å². The zero-order chi connectivity index (χ0) is 17.0. The summed E-state index contributed by atoms with van der Waals surface area (Å²) >= 11 is 0. The Morgan fingerprint density at radius 3 is 2.61 bits per heavy atom. The number of halogens is 1. The van der Waals surface area contributed by atoms with E-state index in [1.807, 2.05) is 6.92 Å². The van der Waals surface area contributed by atoms with Crippen molar-refractivity contribution in [3.8, 4) is 0 Å². The van der Waals surface area contributed by atoms with Crippen LogP contribution in [-0.2, 0) is 16.6 Å². The molecule has 1 aliphatic heterocycles. The lowest BCUT2D eigenvalue weighted by molar-refractivity contribution is -0.135. The number of piperidine rings is 1. The van der Waals surface area contributed by atoms with Crippen LogP contribution in [0.5, 0.6) is 0 Å². The average Bonchev–Trinajstić information content (AvgIpc) is 2.86. The first-order chi connectivity index (χ1) is 10.9. The van der Waals surface area contributed by atoms with Gasteiger partial charge in [-0.25, -0.2) is 4.39 Å². The molecule has 1 aliphatic rings. The fourth-order valence-electron chi connectivity index (χ4n) is 2.69. The van der Waals surface area contributed by atoms with Gasteiger partial charge in [-0.1, -0.05) is 0 Å². The predicted octanol–water partition coefficient (Wildman–Crippen LogP) is 0.435. The highest BCUT2D eigenvalue weighted by Crippen LogP contribution is 2.27. The number of carbonyl (C=O) groups is 2. The highest BCUT2D eigenvalue weighted by Gasteiger charge is 2.42. The average molecular weight is 326 g/mol.